The highest BCUT2D eigenvalue weighted by Gasteiger charge is 2.12. The minimum atomic E-state index is -1.33. The second-order valence-electron chi connectivity index (χ2n) is 2.01. The Labute approximate surface area is 49.1 Å². The molecule has 0 aromatic rings. The van der Waals surface area contributed by atoms with Crippen LogP contribution in [-0.4, -0.2) is 18.8 Å². The Kier molecular flexibility index (Phi) is 2.49. The summed E-state index contributed by atoms with van der Waals surface area (Å²) in [6.45, 7) is 7.93. The molecular formula is C4H12OSi2. The predicted molar refractivity (Wildman–Crippen MR) is 38.7 cm³/mol. The maximum absolute atomic E-state index is 5.25. The van der Waals surface area contributed by atoms with Crippen LogP contribution in [0.25, 0.3) is 0 Å². The van der Waals surface area contributed by atoms with Gasteiger partial charge in [-0.05, 0) is 13.1 Å². The van der Waals surface area contributed by atoms with Crippen molar-refractivity contribution in [2.45, 2.75) is 13.1 Å². The summed E-state index contributed by atoms with van der Waals surface area (Å²) in [7, 11) is -0.478. The van der Waals surface area contributed by atoms with E-state index in [9.17, 15) is 0 Å². The Hall–Kier alpha value is 0.134. The maximum atomic E-state index is 5.25. The van der Waals surface area contributed by atoms with E-state index in [1.165, 1.54) is 0 Å². The van der Waals surface area contributed by atoms with Crippen LogP contribution < -0.4 is 0 Å². The van der Waals surface area contributed by atoms with E-state index in [0.29, 0.717) is 0 Å². The molecule has 7 heavy (non-hydrogen) atoms. The van der Waals surface area contributed by atoms with E-state index in [1.807, 2.05) is 5.70 Å². The zero-order chi connectivity index (χ0) is 5.91. The second-order valence-corrected chi connectivity index (χ2v) is 7.26. The molecule has 0 aromatic heterocycles. The van der Waals surface area contributed by atoms with E-state index in [-0.39, 0.29) is 0 Å². The fourth-order valence-electron chi connectivity index (χ4n) is 0.0833. The normalized spacial score (nSPS) is 11.7. The molecule has 0 bridgehead atoms. The molecule has 0 spiro atoms. The van der Waals surface area contributed by atoms with Crippen molar-refractivity contribution in [2.75, 3.05) is 0 Å². The van der Waals surface area contributed by atoms with Crippen molar-refractivity contribution in [3.63, 3.8) is 0 Å². The Morgan fingerprint density at radius 2 is 2.14 bits per heavy atom. The number of hydrogen-bond acceptors (Lipinski definition) is 1. The zero-order valence-corrected chi connectivity index (χ0v) is 8.19. The van der Waals surface area contributed by atoms with Gasteiger partial charge in [-0.15, -0.1) is 6.58 Å². The first-order valence-corrected chi connectivity index (χ1v) is 6.11. The summed E-state index contributed by atoms with van der Waals surface area (Å²) < 4.78 is 5.25. The molecule has 0 radical (unpaired) electrons. The lowest BCUT2D eigenvalue weighted by atomic mass is 11.3. The Balaban J connectivity index is 3.58. The van der Waals surface area contributed by atoms with Gasteiger partial charge in [-0.2, -0.15) is 0 Å². The average Bonchev–Trinajstić information content (AvgIpc) is 1.68. The van der Waals surface area contributed by atoms with Crippen LogP contribution in [0.4, 0.5) is 0 Å². The summed E-state index contributed by atoms with van der Waals surface area (Å²) in [4.78, 5) is 0. The molecule has 0 saturated heterocycles. The topological polar surface area (TPSA) is 9.23 Å². The smallest absolute Gasteiger partial charge is 0.197 e. The maximum Gasteiger partial charge on any atom is 0.197 e. The predicted octanol–water partition coefficient (Wildman–Crippen LogP) is 0.214. The van der Waals surface area contributed by atoms with Crippen molar-refractivity contribution in [2.24, 2.45) is 0 Å². The van der Waals surface area contributed by atoms with Crippen molar-refractivity contribution in [3.05, 3.63) is 12.3 Å². The third kappa shape index (κ3) is 2.79. The summed E-state index contributed by atoms with van der Waals surface area (Å²) in [6.07, 6.45) is 0. The summed E-state index contributed by atoms with van der Waals surface area (Å²) in [5.74, 6) is 0. The van der Waals surface area contributed by atoms with Gasteiger partial charge in [0, 0.05) is 0 Å². The standard InChI is InChI=1S/C4H12OSi2/c1-4-7(2,3)5-6/h4H,1H2,2-3,6H3. The van der Waals surface area contributed by atoms with Crippen LogP contribution in [0.15, 0.2) is 12.3 Å². The monoisotopic (exact) mass is 132 g/mol. The summed E-state index contributed by atoms with van der Waals surface area (Å²) in [5, 5.41) is 0. The van der Waals surface area contributed by atoms with E-state index < -0.39 is 8.32 Å². The molecular weight excluding hydrogens is 120 g/mol. The molecule has 0 amide bonds. The van der Waals surface area contributed by atoms with Crippen molar-refractivity contribution in [1.29, 1.82) is 0 Å². The van der Waals surface area contributed by atoms with Crippen LogP contribution >= 0.6 is 0 Å². The molecule has 0 aliphatic carbocycles. The molecule has 0 rings (SSSR count). The van der Waals surface area contributed by atoms with Crippen LogP contribution in [0.5, 0.6) is 0 Å². The van der Waals surface area contributed by atoms with Crippen LogP contribution in [0.1, 0.15) is 0 Å². The fourth-order valence-corrected chi connectivity index (χ4v) is 0.750. The second kappa shape index (κ2) is 2.44. The summed E-state index contributed by atoms with van der Waals surface area (Å²) in [5.41, 5.74) is 1.94. The minimum Gasteiger partial charge on any atom is -0.461 e. The largest absolute Gasteiger partial charge is 0.461 e. The third-order valence-electron chi connectivity index (χ3n) is 1.02. The van der Waals surface area contributed by atoms with Gasteiger partial charge in [-0.25, -0.2) is 0 Å². The summed E-state index contributed by atoms with van der Waals surface area (Å²) in [6, 6.07) is 0. The Bertz CT molecular complexity index is 70.1. The van der Waals surface area contributed by atoms with Crippen LogP contribution in [-0.2, 0) is 4.12 Å². The first-order chi connectivity index (χ1) is 3.12. The van der Waals surface area contributed by atoms with E-state index >= 15 is 0 Å². The molecule has 0 unspecified atom stereocenters. The third-order valence-corrected chi connectivity index (χ3v) is 6.21. The van der Waals surface area contributed by atoms with Gasteiger partial charge in [0.2, 0.25) is 0 Å². The first-order valence-electron chi connectivity index (χ1n) is 2.31. The Morgan fingerprint density at radius 3 is 2.14 bits per heavy atom. The van der Waals surface area contributed by atoms with Gasteiger partial charge in [0.05, 0.1) is 0 Å². The van der Waals surface area contributed by atoms with Crippen molar-refractivity contribution in [1.82, 2.24) is 0 Å². The number of hydrogen-bond donors (Lipinski definition) is 0. The van der Waals surface area contributed by atoms with Gasteiger partial charge >= 0.3 is 0 Å². The molecule has 0 N–H and O–H groups in total. The van der Waals surface area contributed by atoms with Gasteiger partial charge in [0.15, 0.2) is 8.32 Å². The molecule has 1 nitrogen and oxygen atoms in total. The first kappa shape index (κ1) is 7.13. The molecule has 0 heterocycles. The lowest BCUT2D eigenvalue weighted by molar-refractivity contribution is 0.627. The Morgan fingerprint density at radius 1 is 1.71 bits per heavy atom. The molecule has 0 atom stereocenters. The highest BCUT2D eigenvalue weighted by Crippen LogP contribution is 2.00. The molecule has 0 fully saturated rings. The number of rotatable bonds is 2. The highest BCUT2D eigenvalue weighted by molar-refractivity contribution is 6.78. The molecule has 0 aliphatic rings. The van der Waals surface area contributed by atoms with E-state index in [0.717, 1.165) is 10.5 Å². The zero-order valence-electron chi connectivity index (χ0n) is 5.19. The SMILES string of the molecule is C=C[Si](C)(C)O[SiH3]. The highest BCUT2D eigenvalue weighted by atomic mass is 28.4. The van der Waals surface area contributed by atoms with E-state index in [1.54, 1.807) is 0 Å². The van der Waals surface area contributed by atoms with E-state index in [2.05, 4.69) is 19.7 Å². The molecule has 3 heteroatoms. The van der Waals surface area contributed by atoms with Crippen LogP contribution in [0.3, 0.4) is 0 Å². The lowest BCUT2D eigenvalue weighted by Crippen LogP contribution is -2.25. The minimum absolute atomic E-state index is 0.848. The van der Waals surface area contributed by atoms with Gasteiger partial charge in [0.25, 0.3) is 0 Å². The van der Waals surface area contributed by atoms with Gasteiger partial charge in [0.1, 0.15) is 10.5 Å². The molecule has 0 saturated carbocycles. The van der Waals surface area contributed by atoms with Crippen LogP contribution in [0, 0.1) is 0 Å². The van der Waals surface area contributed by atoms with E-state index in [4.69, 9.17) is 4.12 Å². The van der Waals surface area contributed by atoms with Gasteiger partial charge in [-0.3, -0.25) is 0 Å². The summed E-state index contributed by atoms with van der Waals surface area (Å²) >= 11 is 0. The van der Waals surface area contributed by atoms with Gasteiger partial charge in [-0.1, -0.05) is 5.70 Å². The average molecular weight is 132 g/mol. The fraction of sp³-hybridized carbons (Fsp3) is 0.500. The van der Waals surface area contributed by atoms with Crippen molar-refractivity contribution in [3.8, 4) is 0 Å². The van der Waals surface area contributed by atoms with Crippen molar-refractivity contribution < 1.29 is 4.12 Å². The molecule has 0 aromatic carbocycles. The molecule has 42 valence electrons. The lowest BCUT2D eigenvalue weighted by Gasteiger charge is -2.13. The van der Waals surface area contributed by atoms with Crippen molar-refractivity contribution >= 4 is 18.8 Å². The molecule has 0 aliphatic heterocycles. The quantitative estimate of drug-likeness (QED) is 0.488. The van der Waals surface area contributed by atoms with Crippen LogP contribution in [0.2, 0.25) is 13.1 Å². The van der Waals surface area contributed by atoms with Gasteiger partial charge < -0.3 is 4.12 Å².